The zero-order valence-corrected chi connectivity index (χ0v) is 24.5. The molecule has 0 aliphatic carbocycles. The predicted molar refractivity (Wildman–Crippen MR) is 141 cm³/mol. The van der Waals surface area contributed by atoms with Gasteiger partial charge in [0.25, 0.3) is 0 Å². The van der Waals surface area contributed by atoms with Gasteiger partial charge in [0.15, 0.2) is 0 Å². The summed E-state index contributed by atoms with van der Waals surface area (Å²) in [7, 11) is 0. The van der Waals surface area contributed by atoms with Crippen LogP contribution in [0.5, 0.6) is 0 Å². The van der Waals surface area contributed by atoms with Crippen molar-refractivity contribution in [2.75, 3.05) is 0 Å². The van der Waals surface area contributed by atoms with Crippen molar-refractivity contribution in [1.29, 1.82) is 0 Å². The smallest absolute Gasteiger partial charge is 0.0921 e. The van der Waals surface area contributed by atoms with Crippen LogP contribution < -0.4 is 0 Å². The van der Waals surface area contributed by atoms with E-state index in [-0.39, 0.29) is 59.0 Å². The maximum atomic E-state index is 10.5. The molecule has 0 saturated carbocycles. The van der Waals surface area contributed by atoms with Gasteiger partial charge in [0, 0.05) is 0 Å². The molecule has 2 N–H and O–H groups in total. The molecule has 37 heavy (non-hydrogen) atoms. The van der Waals surface area contributed by atoms with Crippen molar-refractivity contribution < 1.29 is 33.9 Å². The summed E-state index contributed by atoms with van der Waals surface area (Å²) in [5.41, 5.74) is -3.10. The third-order valence-corrected chi connectivity index (χ3v) is 10.6. The average Bonchev–Trinajstić information content (AvgIpc) is 3.57. The summed E-state index contributed by atoms with van der Waals surface area (Å²) in [6.07, 6.45) is 9.04. The molecule has 5 saturated heterocycles. The fraction of sp³-hybridized carbons (Fsp3) is 1.00. The molecule has 0 radical (unpaired) electrons. The molecule has 0 unspecified atom stereocenters. The molecule has 0 aromatic carbocycles. The third-order valence-electron chi connectivity index (χ3n) is 10.6. The Hall–Kier alpha value is -0.280. The van der Waals surface area contributed by atoms with Crippen molar-refractivity contribution in [3.8, 4) is 0 Å². The van der Waals surface area contributed by atoms with Gasteiger partial charge in [0.05, 0.1) is 70.2 Å². The van der Waals surface area contributed by atoms with Crippen LogP contribution in [0.15, 0.2) is 0 Å². The fourth-order valence-corrected chi connectivity index (χ4v) is 7.78. The van der Waals surface area contributed by atoms with Crippen LogP contribution in [0.25, 0.3) is 0 Å². The van der Waals surface area contributed by atoms with Crippen LogP contribution in [-0.2, 0) is 23.7 Å². The van der Waals surface area contributed by atoms with Gasteiger partial charge in [-0.25, -0.2) is 0 Å². The first kappa shape index (κ1) is 28.3. The van der Waals surface area contributed by atoms with Gasteiger partial charge in [-0.3, -0.25) is 0 Å². The highest BCUT2D eigenvalue weighted by Crippen LogP contribution is 2.51. The van der Waals surface area contributed by atoms with Crippen molar-refractivity contribution in [3.63, 3.8) is 0 Å². The first-order chi connectivity index (χ1) is 17.0. The highest BCUT2D eigenvalue weighted by molar-refractivity contribution is 5.07. The van der Waals surface area contributed by atoms with Crippen LogP contribution >= 0.6 is 0 Å². The minimum Gasteiger partial charge on any atom is -0.388 e. The molecule has 10 atom stereocenters. The molecule has 0 aromatic heterocycles. The Morgan fingerprint density at radius 3 is 1.14 bits per heavy atom. The van der Waals surface area contributed by atoms with Gasteiger partial charge in [-0.15, -0.1) is 0 Å². The van der Waals surface area contributed by atoms with Gasteiger partial charge in [-0.1, -0.05) is 0 Å². The van der Waals surface area contributed by atoms with Gasteiger partial charge < -0.3 is 33.9 Å². The molecule has 0 aromatic rings. The van der Waals surface area contributed by atoms with E-state index in [0.717, 1.165) is 64.2 Å². The van der Waals surface area contributed by atoms with E-state index in [4.69, 9.17) is 23.7 Å². The maximum absolute atomic E-state index is 10.5. The summed E-state index contributed by atoms with van der Waals surface area (Å²) in [5, 5.41) is 20.9. The molecule has 214 valence electrons. The largest absolute Gasteiger partial charge is 0.388 e. The first-order valence-electron chi connectivity index (χ1n) is 14.8. The lowest BCUT2D eigenvalue weighted by Gasteiger charge is -2.39. The number of ether oxygens (including phenoxy) is 5. The molecule has 5 aliphatic heterocycles. The van der Waals surface area contributed by atoms with E-state index < -0.39 is 11.2 Å². The first-order valence-corrected chi connectivity index (χ1v) is 14.8. The molecular weight excluding hydrogens is 472 g/mol. The van der Waals surface area contributed by atoms with Gasteiger partial charge in [0.2, 0.25) is 0 Å². The zero-order chi connectivity index (χ0) is 27.1. The molecule has 5 rings (SSSR count). The van der Waals surface area contributed by atoms with Gasteiger partial charge >= 0.3 is 0 Å². The fourth-order valence-electron chi connectivity index (χ4n) is 7.78. The van der Waals surface area contributed by atoms with Gasteiger partial charge in [0.1, 0.15) is 0 Å². The maximum Gasteiger partial charge on any atom is 0.0921 e. The number of hydrogen-bond donors (Lipinski definition) is 2. The van der Waals surface area contributed by atoms with Crippen LogP contribution in [0.2, 0.25) is 0 Å². The summed E-state index contributed by atoms with van der Waals surface area (Å²) in [6, 6.07) is 0. The van der Waals surface area contributed by atoms with Crippen LogP contribution in [0.1, 0.15) is 120 Å². The predicted octanol–water partition coefficient (Wildman–Crippen LogP) is 4.83. The van der Waals surface area contributed by atoms with Crippen molar-refractivity contribution in [1.82, 2.24) is 0 Å². The third kappa shape index (κ3) is 5.16. The zero-order valence-electron chi connectivity index (χ0n) is 24.5. The minimum absolute atomic E-state index is 0.0124. The average molecular weight is 525 g/mol. The van der Waals surface area contributed by atoms with E-state index in [9.17, 15) is 10.2 Å². The minimum atomic E-state index is -0.841. The molecule has 0 bridgehead atoms. The quantitative estimate of drug-likeness (QED) is 0.515. The molecule has 7 heteroatoms. The van der Waals surface area contributed by atoms with Gasteiger partial charge in [-0.05, 0) is 120 Å². The van der Waals surface area contributed by atoms with Crippen molar-refractivity contribution in [3.05, 3.63) is 0 Å². The molecule has 0 spiro atoms. The standard InChI is InChI=1S/C30H52O7/c1-25(2,31)19-11-15-29(7,34-19)23-13-17-27(5,36-23)21-9-10-22(33-21)28(6)18-14-24(37-28)30(8)16-12-20(35-30)26(3,4)32/h19-24,31-32H,9-18H2,1-8H3/t19-,20+,21+,22-,23+,24-,27-,28+,29+,30-. The Balaban J connectivity index is 1.18. The highest BCUT2D eigenvalue weighted by atomic mass is 16.6. The van der Waals surface area contributed by atoms with E-state index in [0.29, 0.717) is 0 Å². The molecule has 5 fully saturated rings. The van der Waals surface area contributed by atoms with E-state index in [1.807, 2.05) is 27.7 Å². The van der Waals surface area contributed by atoms with Gasteiger partial charge in [-0.2, -0.15) is 0 Å². The van der Waals surface area contributed by atoms with E-state index in [1.165, 1.54) is 0 Å². The Labute approximate surface area is 223 Å². The number of hydrogen-bond acceptors (Lipinski definition) is 7. The Bertz CT molecular complexity index is 782. The second-order valence-corrected chi connectivity index (χ2v) is 14.8. The summed E-state index contributed by atoms with van der Waals surface area (Å²) in [6.45, 7) is 16.0. The Morgan fingerprint density at radius 2 is 0.811 bits per heavy atom. The highest BCUT2D eigenvalue weighted by Gasteiger charge is 2.58. The number of aliphatic hydroxyl groups is 2. The lowest BCUT2D eigenvalue weighted by atomic mass is 9.89. The Morgan fingerprint density at radius 1 is 0.486 bits per heavy atom. The van der Waals surface area contributed by atoms with Crippen LogP contribution in [0, 0.1) is 0 Å². The van der Waals surface area contributed by atoms with Crippen LogP contribution in [0.3, 0.4) is 0 Å². The molecule has 5 heterocycles. The molecule has 0 amide bonds. The summed E-state index contributed by atoms with van der Waals surface area (Å²) in [5.74, 6) is 0. The molecule has 7 nitrogen and oxygen atoms in total. The van der Waals surface area contributed by atoms with E-state index in [1.54, 1.807) is 0 Å². The van der Waals surface area contributed by atoms with E-state index >= 15 is 0 Å². The lowest BCUT2D eigenvalue weighted by Crippen LogP contribution is -2.48. The topological polar surface area (TPSA) is 86.6 Å². The van der Waals surface area contributed by atoms with Crippen LogP contribution in [-0.4, -0.2) is 80.4 Å². The number of rotatable bonds is 6. The second kappa shape index (κ2) is 9.12. The second-order valence-electron chi connectivity index (χ2n) is 14.8. The summed E-state index contributed by atoms with van der Waals surface area (Å²) in [4.78, 5) is 0. The monoisotopic (exact) mass is 524 g/mol. The SMILES string of the molecule is CC(C)(O)[C@@H]1CC[C@](C)([C@H]2CC[C@@](C)([C@H]3CC[C@@H]([C@@]4(C)CC[C@@H]([C@]5(C)CC[C@H](C(C)(C)O)O5)O4)O3)O2)O1. The van der Waals surface area contributed by atoms with Crippen molar-refractivity contribution in [2.45, 2.75) is 190 Å². The molecule has 5 aliphatic rings. The van der Waals surface area contributed by atoms with Crippen molar-refractivity contribution >= 4 is 0 Å². The Kier molecular flexibility index (Phi) is 6.96. The lowest BCUT2D eigenvalue weighted by molar-refractivity contribution is -0.214. The normalized spacial score (nSPS) is 51.4. The summed E-state index contributed by atoms with van der Waals surface area (Å²) >= 11 is 0. The molecular formula is C30H52O7. The van der Waals surface area contributed by atoms with Crippen molar-refractivity contribution in [2.24, 2.45) is 0 Å². The van der Waals surface area contributed by atoms with E-state index in [2.05, 4.69) is 27.7 Å². The van der Waals surface area contributed by atoms with Crippen LogP contribution in [0.4, 0.5) is 0 Å². The summed E-state index contributed by atoms with van der Waals surface area (Å²) < 4.78 is 33.1.